The van der Waals surface area contributed by atoms with Gasteiger partial charge in [0, 0.05) is 12.5 Å². The topological polar surface area (TPSA) is 93.0 Å². The number of anilines is 1. The third-order valence-corrected chi connectivity index (χ3v) is 2.45. The van der Waals surface area contributed by atoms with Gasteiger partial charge < -0.3 is 15.8 Å². The van der Waals surface area contributed by atoms with Crippen LogP contribution in [0.4, 0.5) is 10.2 Å². The fourth-order valence-electron chi connectivity index (χ4n) is 1.55. The van der Waals surface area contributed by atoms with Crippen molar-refractivity contribution >= 4 is 22.6 Å². The van der Waals surface area contributed by atoms with Crippen LogP contribution in [0.25, 0.3) is 10.9 Å². The predicted octanol–water partition coefficient (Wildman–Crippen LogP) is 0.614. The van der Waals surface area contributed by atoms with E-state index in [0.29, 0.717) is 10.9 Å². The number of nitrogens with two attached hydrogens (primary N) is 1. The largest absolute Gasteiger partial charge is 0.383 e. The SMILES string of the molecule is COCC(N)C(=O)Nc1n[nH]c2ccc(F)cc12. The summed E-state index contributed by atoms with van der Waals surface area (Å²) in [5.74, 6) is -0.587. The molecule has 0 aliphatic carbocycles. The molecule has 6 nitrogen and oxygen atoms in total. The van der Waals surface area contributed by atoms with Gasteiger partial charge in [-0.1, -0.05) is 0 Å². The molecule has 4 N–H and O–H groups in total. The quantitative estimate of drug-likeness (QED) is 0.743. The number of carbonyl (C=O) groups is 1. The molecule has 0 aliphatic heterocycles. The first-order valence-corrected chi connectivity index (χ1v) is 5.31. The van der Waals surface area contributed by atoms with E-state index in [1.165, 1.54) is 19.2 Å². The lowest BCUT2D eigenvalue weighted by atomic mass is 10.2. The Labute approximate surface area is 102 Å². The van der Waals surface area contributed by atoms with Gasteiger partial charge in [0.25, 0.3) is 0 Å². The van der Waals surface area contributed by atoms with Crippen molar-refractivity contribution in [2.24, 2.45) is 5.73 Å². The summed E-state index contributed by atoms with van der Waals surface area (Å²) in [6.07, 6.45) is 0. The van der Waals surface area contributed by atoms with E-state index in [2.05, 4.69) is 15.5 Å². The summed E-state index contributed by atoms with van der Waals surface area (Å²) in [4.78, 5) is 11.7. The van der Waals surface area contributed by atoms with Crippen LogP contribution in [0.1, 0.15) is 0 Å². The van der Waals surface area contributed by atoms with Gasteiger partial charge in [0.1, 0.15) is 11.9 Å². The van der Waals surface area contributed by atoms with Gasteiger partial charge in [0.05, 0.1) is 12.1 Å². The molecule has 0 radical (unpaired) electrons. The van der Waals surface area contributed by atoms with Gasteiger partial charge in [-0.3, -0.25) is 9.89 Å². The number of fused-ring (bicyclic) bond motifs is 1. The number of aromatic amines is 1. The Morgan fingerprint density at radius 1 is 1.67 bits per heavy atom. The number of carbonyl (C=O) groups excluding carboxylic acids is 1. The summed E-state index contributed by atoms with van der Waals surface area (Å²) in [5, 5.41) is 9.60. The van der Waals surface area contributed by atoms with Crippen molar-refractivity contribution in [2.75, 3.05) is 19.0 Å². The lowest BCUT2D eigenvalue weighted by Crippen LogP contribution is -2.39. The molecular weight excluding hydrogens is 239 g/mol. The summed E-state index contributed by atoms with van der Waals surface area (Å²) < 4.78 is 17.9. The zero-order valence-electron chi connectivity index (χ0n) is 9.74. The first-order chi connectivity index (χ1) is 8.61. The Morgan fingerprint density at radius 2 is 2.44 bits per heavy atom. The highest BCUT2D eigenvalue weighted by atomic mass is 19.1. The molecular formula is C11H13FN4O2. The molecule has 1 aromatic carbocycles. The smallest absolute Gasteiger partial charge is 0.244 e. The minimum atomic E-state index is -0.796. The van der Waals surface area contributed by atoms with Crippen LogP contribution >= 0.6 is 0 Å². The van der Waals surface area contributed by atoms with Gasteiger partial charge in [0.15, 0.2) is 5.82 Å². The van der Waals surface area contributed by atoms with Crippen LogP contribution < -0.4 is 11.1 Å². The van der Waals surface area contributed by atoms with E-state index in [9.17, 15) is 9.18 Å². The van der Waals surface area contributed by atoms with Gasteiger partial charge in [-0.05, 0) is 18.2 Å². The average molecular weight is 252 g/mol. The minimum Gasteiger partial charge on any atom is -0.383 e. The zero-order valence-corrected chi connectivity index (χ0v) is 9.74. The number of halogens is 1. The molecule has 2 aromatic rings. The summed E-state index contributed by atoms with van der Waals surface area (Å²) >= 11 is 0. The number of nitrogens with one attached hydrogen (secondary N) is 2. The highest BCUT2D eigenvalue weighted by Crippen LogP contribution is 2.21. The number of benzene rings is 1. The Bertz CT molecular complexity index is 569. The van der Waals surface area contributed by atoms with Crippen LogP contribution in [-0.2, 0) is 9.53 Å². The maximum atomic E-state index is 13.1. The molecule has 0 saturated heterocycles. The van der Waals surface area contributed by atoms with Crippen LogP contribution in [0.3, 0.4) is 0 Å². The van der Waals surface area contributed by atoms with Crippen molar-refractivity contribution in [3.05, 3.63) is 24.0 Å². The molecule has 1 unspecified atom stereocenters. The van der Waals surface area contributed by atoms with E-state index in [-0.39, 0.29) is 12.4 Å². The Hall–Kier alpha value is -1.99. The summed E-state index contributed by atoms with van der Waals surface area (Å²) in [7, 11) is 1.45. The van der Waals surface area contributed by atoms with Crippen molar-refractivity contribution in [3.8, 4) is 0 Å². The van der Waals surface area contributed by atoms with Crippen molar-refractivity contribution < 1.29 is 13.9 Å². The molecule has 0 spiro atoms. The third kappa shape index (κ3) is 2.47. The van der Waals surface area contributed by atoms with Crippen molar-refractivity contribution in [3.63, 3.8) is 0 Å². The lowest BCUT2D eigenvalue weighted by Gasteiger charge is -2.09. The molecule has 0 saturated carbocycles. The second-order valence-electron chi connectivity index (χ2n) is 3.81. The first-order valence-electron chi connectivity index (χ1n) is 5.31. The summed E-state index contributed by atoms with van der Waals surface area (Å²) in [6, 6.07) is 3.34. The van der Waals surface area contributed by atoms with Gasteiger partial charge in [-0.25, -0.2) is 4.39 Å². The normalized spacial score (nSPS) is 12.6. The van der Waals surface area contributed by atoms with Crippen LogP contribution in [0.5, 0.6) is 0 Å². The maximum absolute atomic E-state index is 13.1. The van der Waals surface area contributed by atoms with E-state index >= 15 is 0 Å². The van der Waals surface area contributed by atoms with E-state index in [1.807, 2.05) is 0 Å². The molecule has 0 fully saturated rings. The molecule has 0 aliphatic rings. The molecule has 96 valence electrons. The van der Waals surface area contributed by atoms with Gasteiger partial charge >= 0.3 is 0 Å². The average Bonchev–Trinajstić information content (AvgIpc) is 2.72. The van der Waals surface area contributed by atoms with Gasteiger partial charge in [-0.2, -0.15) is 5.10 Å². The van der Waals surface area contributed by atoms with Crippen LogP contribution in [0, 0.1) is 5.82 Å². The number of ether oxygens (including phenoxy) is 1. The van der Waals surface area contributed by atoms with Crippen LogP contribution in [0.15, 0.2) is 18.2 Å². The van der Waals surface area contributed by atoms with E-state index in [0.717, 1.165) is 0 Å². The number of nitrogens with zero attached hydrogens (tertiary/aromatic N) is 1. The molecule has 2 rings (SSSR count). The first kappa shape index (κ1) is 12.5. The standard InChI is InChI=1S/C11H13FN4O2/c1-18-5-8(13)11(17)14-10-7-4-6(12)2-3-9(7)15-16-10/h2-4,8H,5,13H2,1H3,(H2,14,15,16,17). The Balaban J connectivity index is 2.21. The highest BCUT2D eigenvalue weighted by Gasteiger charge is 2.16. The molecule has 1 aromatic heterocycles. The molecule has 18 heavy (non-hydrogen) atoms. The zero-order chi connectivity index (χ0) is 13.1. The molecule has 0 bridgehead atoms. The van der Waals surface area contributed by atoms with Gasteiger partial charge in [0.2, 0.25) is 5.91 Å². The van der Waals surface area contributed by atoms with Crippen molar-refractivity contribution in [1.82, 2.24) is 10.2 Å². The number of rotatable bonds is 4. The van der Waals surface area contributed by atoms with E-state index < -0.39 is 17.8 Å². The number of hydrogen-bond acceptors (Lipinski definition) is 4. The number of H-pyrrole nitrogens is 1. The van der Waals surface area contributed by atoms with E-state index in [1.54, 1.807) is 6.07 Å². The molecule has 1 amide bonds. The Morgan fingerprint density at radius 3 is 3.17 bits per heavy atom. The fraction of sp³-hybridized carbons (Fsp3) is 0.273. The van der Waals surface area contributed by atoms with Crippen LogP contribution in [-0.4, -0.2) is 35.9 Å². The summed E-state index contributed by atoms with van der Waals surface area (Å²) in [5.41, 5.74) is 6.20. The second-order valence-corrected chi connectivity index (χ2v) is 3.81. The minimum absolute atomic E-state index is 0.0998. The molecule has 7 heteroatoms. The number of hydrogen-bond donors (Lipinski definition) is 3. The third-order valence-electron chi connectivity index (χ3n) is 2.45. The van der Waals surface area contributed by atoms with Gasteiger partial charge in [-0.15, -0.1) is 0 Å². The Kier molecular flexibility index (Phi) is 3.54. The van der Waals surface area contributed by atoms with Crippen molar-refractivity contribution in [1.29, 1.82) is 0 Å². The fourth-order valence-corrected chi connectivity index (χ4v) is 1.55. The highest BCUT2D eigenvalue weighted by molar-refractivity contribution is 6.01. The van der Waals surface area contributed by atoms with E-state index in [4.69, 9.17) is 10.5 Å². The number of amides is 1. The predicted molar refractivity (Wildman–Crippen MR) is 64.5 cm³/mol. The maximum Gasteiger partial charge on any atom is 0.244 e. The number of methoxy groups -OCH3 is 1. The second kappa shape index (κ2) is 5.11. The number of aromatic nitrogens is 2. The lowest BCUT2D eigenvalue weighted by molar-refractivity contribution is -0.118. The van der Waals surface area contributed by atoms with Crippen LogP contribution in [0.2, 0.25) is 0 Å². The monoisotopic (exact) mass is 252 g/mol. The molecule has 1 heterocycles. The molecule has 1 atom stereocenters. The summed E-state index contributed by atoms with van der Waals surface area (Å²) in [6.45, 7) is 0.0998. The van der Waals surface area contributed by atoms with Crippen molar-refractivity contribution in [2.45, 2.75) is 6.04 Å².